The molecule has 0 saturated heterocycles. The number of unbranched alkanes of at least 4 members (excludes halogenated alkanes) is 3. The highest BCUT2D eigenvalue weighted by atomic mass is 19.4. The van der Waals surface area contributed by atoms with Gasteiger partial charge in [0.2, 0.25) is 0 Å². The van der Waals surface area contributed by atoms with Gasteiger partial charge in [-0.25, -0.2) is 4.39 Å². The predicted molar refractivity (Wildman–Crippen MR) is 138 cm³/mol. The Balaban J connectivity index is 1.42. The molecule has 0 fully saturated rings. The lowest BCUT2D eigenvalue weighted by Gasteiger charge is -2.11. The van der Waals surface area contributed by atoms with Crippen LogP contribution >= 0.6 is 0 Å². The van der Waals surface area contributed by atoms with Gasteiger partial charge in [-0.3, -0.25) is 0 Å². The summed E-state index contributed by atoms with van der Waals surface area (Å²) >= 11 is 0. The third-order valence-corrected chi connectivity index (χ3v) is 6.48. The number of rotatable bonds is 10. The van der Waals surface area contributed by atoms with E-state index in [4.69, 9.17) is 0 Å². The average Bonchev–Trinajstić information content (AvgIpc) is 2.86. The van der Waals surface area contributed by atoms with Gasteiger partial charge in [0.05, 0.1) is 0 Å². The molecule has 4 rings (SSSR count). The van der Waals surface area contributed by atoms with Crippen molar-refractivity contribution in [2.45, 2.75) is 58.2 Å². The van der Waals surface area contributed by atoms with Crippen LogP contribution in [0.2, 0.25) is 0 Å². The summed E-state index contributed by atoms with van der Waals surface area (Å²) in [5.41, 5.74) is 4.89. The molecule has 0 unspecified atom stereocenters. The second-order valence-corrected chi connectivity index (χ2v) is 9.17. The number of fused-ring (bicyclic) bond motifs is 1. The molecule has 0 N–H and O–H groups in total. The summed E-state index contributed by atoms with van der Waals surface area (Å²) in [5, 5.41) is 1.41. The molecule has 0 radical (unpaired) electrons. The quantitative estimate of drug-likeness (QED) is 0.158. The van der Waals surface area contributed by atoms with Crippen molar-refractivity contribution in [3.63, 3.8) is 0 Å². The first-order chi connectivity index (χ1) is 17.3. The molecule has 0 atom stereocenters. The standard InChI is InChI=1S/C31H30F4O/c1-2-3-4-5-6-22-7-12-24(13-8-22)26-17-20-29-27(21-26)16-15-25(30(29)32)14-9-23-10-18-28(19-11-23)36-31(33,34)35/h7-8,10-13,15-21H,2-6,9,14H2,1H3. The molecule has 0 bridgehead atoms. The molecule has 36 heavy (non-hydrogen) atoms. The van der Waals surface area contributed by atoms with Crippen LogP contribution in [0, 0.1) is 5.82 Å². The molecule has 5 heteroatoms. The van der Waals surface area contributed by atoms with Gasteiger partial charge in [0, 0.05) is 5.39 Å². The number of alkyl halides is 3. The van der Waals surface area contributed by atoms with Crippen LogP contribution in [0.4, 0.5) is 17.6 Å². The monoisotopic (exact) mass is 494 g/mol. The van der Waals surface area contributed by atoms with E-state index in [2.05, 4.69) is 35.9 Å². The zero-order chi connectivity index (χ0) is 25.5. The fraction of sp³-hybridized carbons (Fsp3) is 0.290. The first-order valence-electron chi connectivity index (χ1n) is 12.5. The van der Waals surface area contributed by atoms with E-state index in [0.29, 0.717) is 23.8 Å². The summed E-state index contributed by atoms with van der Waals surface area (Å²) in [7, 11) is 0. The van der Waals surface area contributed by atoms with Gasteiger partial charge >= 0.3 is 6.36 Å². The maximum absolute atomic E-state index is 15.2. The topological polar surface area (TPSA) is 9.23 Å². The molecule has 0 amide bonds. The number of aryl methyl sites for hydroxylation is 3. The van der Waals surface area contributed by atoms with E-state index in [0.717, 1.165) is 28.5 Å². The zero-order valence-electron chi connectivity index (χ0n) is 20.4. The minimum Gasteiger partial charge on any atom is -0.406 e. The second kappa shape index (κ2) is 11.6. The van der Waals surface area contributed by atoms with Crippen molar-refractivity contribution < 1.29 is 22.3 Å². The summed E-state index contributed by atoms with van der Waals surface area (Å²) in [4.78, 5) is 0. The third kappa shape index (κ3) is 6.87. The van der Waals surface area contributed by atoms with Crippen molar-refractivity contribution in [3.8, 4) is 16.9 Å². The number of hydrogen-bond donors (Lipinski definition) is 0. The maximum Gasteiger partial charge on any atom is 0.573 e. The normalized spacial score (nSPS) is 11.7. The van der Waals surface area contributed by atoms with Crippen LogP contribution in [-0.2, 0) is 19.3 Å². The Bertz CT molecular complexity index is 1280. The van der Waals surface area contributed by atoms with Crippen LogP contribution in [0.25, 0.3) is 21.9 Å². The van der Waals surface area contributed by atoms with Crippen molar-refractivity contribution in [1.29, 1.82) is 0 Å². The SMILES string of the molecule is CCCCCCc1ccc(-c2ccc3c(F)c(CCc4ccc(OC(F)(F)F)cc4)ccc3c2)cc1. The molecule has 0 aliphatic carbocycles. The van der Waals surface area contributed by atoms with E-state index in [1.807, 2.05) is 24.3 Å². The third-order valence-electron chi connectivity index (χ3n) is 6.48. The largest absolute Gasteiger partial charge is 0.573 e. The molecule has 1 nitrogen and oxygen atoms in total. The van der Waals surface area contributed by atoms with E-state index >= 15 is 4.39 Å². The maximum atomic E-state index is 15.2. The molecule has 0 aliphatic heterocycles. The molecule has 4 aromatic rings. The lowest BCUT2D eigenvalue weighted by Crippen LogP contribution is -2.17. The molecular weight excluding hydrogens is 464 g/mol. The van der Waals surface area contributed by atoms with E-state index in [1.54, 1.807) is 18.2 Å². The summed E-state index contributed by atoms with van der Waals surface area (Å²) in [5.74, 6) is -0.515. The highest BCUT2D eigenvalue weighted by Crippen LogP contribution is 2.29. The Morgan fingerprint density at radius 1 is 0.667 bits per heavy atom. The fourth-order valence-corrected chi connectivity index (χ4v) is 4.47. The number of benzene rings is 4. The molecule has 4 aromatic carbocycles. The first kappa shape index (κ1) is 25.7. The zero-order valence-corrected chi connectivity index (χ0v) is 20.4. The van der Waals surface area contributed by atoms with Gasteiger partial charge in [-0.05, 0) is 77.1 Å². The lowest BCUT2D eigenvalue weighted by atomic mass is 9.96. The van der Waals surface area contributed by atoms with Gasteiger partial charge in [-0.2, -0.15) is 0 Å². The number of hydrogen-bond acceptors (Lipinski definition) is 1. The molecule has 0 heterocycles. The predicted octanol–water partition coefficient (Wildman–Crippen LogP) is 9.45. The summed E-state index contributed by atoms with van der Waals surface area (Å²) in [6.07, 6.45) is 2.33. The van der Waals surface area contributed by atoms with Gasteiger partial charge in [0.15, 0.2) is 0 Å². The van der Waals surface area contributed by atoms with Crippen molar-refractivity contribution in [3.05, 3.63) is 101 Å². The Morgan fingerprint density at radius 3 is 2.03 bits per heavy atom. The number of ether oxygens (including phenoxy) is 1. The summed E-state index contributed by atoms with van der Waals surface area (Å²) < 4.78 is 56.1. The van der Waals surface area contributed by atoms with Gasteiger partial charge < -0.3 is 4.74 Å². The molecule has 0 aliphatic rings. The Labute approximate surface area is 209 Å². The van der Waals surface area contributed by atoms with Gasteiger partial charge in [0.1, 0.15) is 11.6 Å². The Kier molecular flexibility index (Phi) is 8.29. The molecular formula is C31H30F4O. The van der Waals surface area contributed by atoms with Crippen LogP contribution in [0.1, 0.15) is 49.3 Å². The van der Waals surface area contributed by atoms with Crippen LogP contribution in [-0.4, -0.2) is 6.36 Å². The summed E-state index contributed by atoms with van der Waals surface area (Å²) in [6.45, 7) is 2.22. The van der Waals surface area contributed by atoms with E-state index in [9.17, 15) is 13.2 Å². The molecule has 0 spiro atoms. The Hall–Kier alpha value is -3.34. The molecule has 0 saturated carbocycles. The van der Waals surface area contributed by atoms with Crippen LogP contribution in [0.3, 0.4) is 0 Å². The summed E-state index contributed by atoms with van der Waals surface area (Å²) in [6, 6.07) is 23.8. The molecule has 0 aromatic heterocycles. The van der Waals surface area contributed by atoms with E-state index < -0.39 is 6.36 Å². The van der Waals surface area contributed by atoms with Gasteiger partial charge in [-0.15, -0.1) is 13.2 Å². The van der Waals surface area contributed by atoms with E-state index in [1.165, 1.54) is 43.4 Å². The Morgan fingerprint density at radius 2 is 1.33 bits per heavy atom. The van der Waals surface area contributed by atoms with Crippen molar-refractivity contribution >= 4 is 10.8 Å². The minimum absolute atomic E-state index is 0.251. The minimum atomic E-state index is -4.72. The second-order valence-electron chi connectivity index (χ2n) is 9.17. The van der Waals surface area contributed by atoms with E-state index in [-0.39, 0.29) is 11.6 Å². The highest BCUT2D eigenvalue weighted by molar-refractivity contribution is 5.88. The van der Waals surface area contributed by atoms with Crippen molar-refractivity contribution in [2.75, 3.05) is 0 Å². The lowest BCUT2D eigenvalue weighted by molar-refractivity contribution is -0.274. The first-order valence-corrected chi connectivity index (χ1v) is 12.5. The fourth-order valence-electron chi connectivity index (χ4n) is 4.47. The van der Waals surface area contributed by atoms with Gasteiger partial charge in [0.25, 0.3) is 0 Å². The van der Waals surface area contributed by atoms with Gasteiger partial charge in [-0.1, -0.05) is 86.8 Å². The van der Waals surface area contributed by atoms with Crippen molar-refractivity contribution in [2.24, 2.45) is 0 Å². The average molecular weight is 495 g/mol. The van der Waals surface area contributed by atoms with Crippen LogP contribution < -0.4 is 4.74 Å². The van der Waals surface area contributed by atoms with Crippen LogP contribution in [0.15, 0.2) is 78.9 Å². The van der Waals surface area contributed by atoms with Crippen LogP contribution in [0.5, 0.6) is 5.75 Å². The smallest absolute Gasteiger partial charge is 0.406 e. The molecule has 188 valence electrons. The van der Waals surface area contributed by atoms with Crippen molar-refractivity contribution in [1.82, 2.24) is 0 Å². The number of halogens is 4. The highest BCUT2D eigenvalue weighted by Gasteiger charge is 2.30.